The van der Waals surface area contributed by atoms with Crippen LogP contribution in [0.4, 0.5) is 0 Å². The maximum atomic E-state index is 12.2. The van der Waals surface area contributed by atoms with E-state index < -0.39 is 0 Å². The van der Waals surface area contributed by atoms with Crippen molar-refractivity contribution in [3.63, 3.8) is 0 Å². The third-order valence-corrected chi connectivity index (χ3v) is 5.08. The van der Waals surface area contributed by atoms with Gasteiger partial charge in [-0.1, -0.05) is 26.7 Å². The summed E-state index contributed by atoms with van der Waals surface area (Å²) in [5.74, 6) is 2.35. The van der Waals surface area contributed by atoms with Gasteiger partial charge in [-0.25, -0.2) is 0 Å². The van der Waals surface area contributed by atoms with Gasteiger partial charge in [0.25, 0.3) is 0 Å². The van der Waals surface area contributed by atoms with E-state index in [2.05, 4.69) is 19.2 Å². The van der Waals surface area contributed by atoms with Crippen LogP contribution in [0.5, 0.6) is 0 Å². The number of carbonyl (C=O) groups is 1. The Morgan fingerprint density at radius 2 is 2.00 bits per heavy atom. The summed E-state index contributed by atoms with van der Waals surface area (Å²) in [7, 11) is 0. The van der Waals surface area contributed by atoms with Crippen LogP contribution in [0.1, 0.15) is 52.4 Å². The second-order valence-electron chi connectivity index (χ2n) is 6.60. The monoisotopic (exact) mass is 252 g/mol. The summed E-state index contributed by atoms with van der Waals surface area (Å²) in [6, 6.07) is 0.0715. The van der Waals surface area contributed by atoms with Crippen LogP contribution in [0.15, 0.2) is 0 Å². The fourth-order valence-corrected chi connectivity index (χ4v) is 3.59. The molecule has 2 saturated carbocycles. The first-order valence-corrected chi connectivity index (χ1v) is 7.61. The van der Waals surface area contributed by atoms with Crippen LogP contribution in [0, 0.1) is 23.7 Å². The normalized spacial score (nSPS) is 40.7. The van der Waals surface area contributed by atoms with Crippen LogP contribution in [0.3, 0.4) is 0 Å². The molecule has 0 heterocycles. The molecule has 0 spiro atoms. The largest absolute Gasteiger partial charge is 0.356 e. The molecule has 5 unspecified atom stereocenters. The third-order valence-electron chi connectivity index (χ3n) is 5.08. The van der Waals surface area contributed by atoms with Crippen molar-refractivity contribution in [2.24, 2.45) is 29.4 Å². The van der Waals surface area contributed by atoms with E-state index in [-0.39, 0.29) is 17.9 Å². The Balaban J connectivity index is 1.79. The van der Waals surface area contributed by atoms with Gasteiger partial charge in [0.1, 0.15) is 0 Å². The molecule has 2 rings (SSSR count). The van der Waals surface area contributed by atoms with Gasteiger partial charge in [-0.3, -0.25) is 4.79 Å². The van der Waals surface area contributed by atoms with E-state index in [1.54, 1.807) is 0 Å². The molecule has 3 nitrogen and oxygen atoms in total. The van der Waals surface area contributed by atoms with Crippen LogP contribution < -0.4 is 11.1 Å². The Hall–Kier alpha value is -0.570. The second kappa shape index (κ2) is 6.05. The molecule has 2 fully saturated rings. The van der Waals surface area contributed by atoms with Crippen molar-refractivity contribution in [3.05, 3.63) is 0 Å². The highest BCUT2D eigenvalue weighted by molar-refractivity contribution is 5.79. The van der Waals surface area contributed by atoms with Gasteiger partial charge in [0.15, 0.2) is 0 Å². The Morgan fingerprint density at radius 1 is 1.22 bits per heavy atom. The molecule has 0 bridgehead atoms. The van der Waals surface area contributed by atoms with Gasteiger partial charge in [-0.15, -0.1) is 0 Å². The molecule has 0 aromatic heterocycles. The number of amides is 1. The first-order chi connectivity index (χ1) is 8.58. The number of nitrogens with one attached hydrogen (secondary N) is 1. The van der Waals surface area contributed by atoms with Crippen molar-refractivity contribution in [2.75, 3.05) is 6.54 Å². The Morgan fingerprint density at radius 3 is 2.67 bits per heavy atom. The average molecular weight is 252 g/mol. The maximum Gasteiger partial charge on any atom is 0.224 e. The van der Waals surface area contributed by atoms with Gasteiger partial charge >= 0.3 is 0 Å². The van der Waals surface area contributed by atoms with E-state index >= 15 is 0 Å². The molecule has 2 aliphatic carbocycles. The zero-order valence-electron chi connectivity index (χ0n) is 11.8. The number of carbonyl (C=O) groups excluding carboxylic acids is 1. The molecule has 2 aliphatic rings. The predicted molar refractivity (Wildman–Crippen MR) is 74.0 cm³/mol. The van der Waals surface area contributed by atoms with Crippen molar-refractivity contribution in [1.29, 1.82) is 0 Å². The van der Waals surface area contributed by atoms with Crippen LogP contribution >= 0.6 is 0 Å². The van der Waals surface area contributed by atoms with Crippen LogP contribution in [0.25, 0.3) is 0 Å². The van der Waals surface area contributed by atoms with Gasteiger partial charge in [0.05, 0.1) is 5.92 Å². The van der Waals surface area contributed by atoms with Gasteiger partial charge in [-0.05, 0) is 43.4 Å². The summed E-state index contributed by atoms with van der Waals surface area (Å²) in [6.45, 7) is 5.39. The lowest BCUT2D eigenvalue weighted by molar-refractivity contribution is -0.127. The molecule has 0 aromatic carbocycles. The summed E-state index contributed by atoms with van der Waals surface area (Å²) in [5.41, 5.74) is 6.09. The van der Waals surface area contributed by atoms with Gasteiger partial charge < -0.3 is 11.1 Å². The third kappa shape index (κ3) is 3.25. The van der Waals surface area contributed by atoms with E-state index in [0.717, 1.165) is 25.3 Å². The summed E-state index contributed by atoms with van der Waals surface area (Å²) in [4.78, 5) is 12.2. The molecule has 5 atom stereocenters. The molecular weight excluding hydrogens is 224 g/mol. The molecule has 1 amide bonds. The summed E-state index contributed by atoms with van der Waals surface area (Å²) >= 11 is 0. The van der Waals surface area contributed by atoms with Crippen molar-refractivity contribution in [3.8, 4) is 0 Å². The standard InChI is InChI=1S/C15H28N2O/c1-10-6-7-14(16)13(8-10)15(18)17-9-12-5-3-4-11(12)2/h10-14H,3-9,16H2,1-2H3,(H,17,18). The van der Waals surface area contributed by atoms with Crippen LogP contribution in [0.2, 0.25) is 0 Å². The molecule has 0 saturated heterocycles. The predicted octanol–water partition coefficient (Wildman–Crippen LogP) is 2.30. The zero-order chi connectivity index (χ0) is 13.1. The average Bonchev–Trinajstić information content (AvgIpc) is 2.75. The fraction of sp³-hybridized carbons (Fsp3) is 0.933. The number of hydrogen-bond donors (Lipinski definition) is 2. The molecule has 0 aliphatic heterocycles. The summed E-state index contributed by atoms with van der Waals surface area (Å²) < 4.78 is 0. The van der Waals surface area contributed by atoms with Gasteiger partial charge in [-0.2, -0.15) is 0 Å². The van der Waals surface area contributed by atoms with Crippen molar-refractivity contribution in [1.82, 2.24) is 5.32 Å². The molecule has 3 heteroatoms. The van der Waals surface area contributed by atoms with E-state index in [9.17, 15) is 4.79 Å². The molecule has 104 valence electrons. The second-order valence-corrected chi connectivity index (χ2v) is 6.60. The minimum Gasteiger partial charge on any atom is -0.356 e. The van der Waals surface area contributed by atoms with Crippen LogP contribution in [-0.2, 0) is 4.79 Å². The Labute approximate surface area is 111 Å². The topological polar surface area (TPSA) is 55.1 Å². The lowest BCUT2D eigenvalue weighted by Crippen LogP contribution is -2.46. The first kappa shape index (κ1) is 13.9. The summed E-state index contributed by atoms with van der Waals surface area (Å²) in [6.07, 6.45) is 7.05. The number of rotatable bonds is 3. The van der Waals surface area contributed by atoms with Gasteiger partial charge in [0.2, 0.25) is 5.91 Å². The number of nitrogens with two attached hydrogens (primary N) is 1. The highest BCUT2D eigenvalue weighted by atomic mass is 16.1. The highest BCUT2D eigenvalue weighted by Crippen LogP contribution is 2.31. The molecule has 0 radical (unpaired) electrons. The lowest BCUT2D eigenvalue weighted by Gasteiger charge is -2.32. The van der Waals surface area contributed by atoms with Gasteiger partial charge in [0, 0.05) is 12.6 Å². The Bertz CT molecular complexity index is 292. The first-order valence-electron chi connectivity index (χ1n) is 7.61. The smallest absolute Gasteiger partial charge is 0.224 e. The quantitative estimate of drug-likeness (QED) is 0.810. The summed E-state index contributed by atoms with van der Waals surface area (Å²) in [5, 5.41) is 3.16. The van der Waals surface area contributed by atoms with E-state index in [1.165, 1.54) is 25.7 Å². The van der Waals surface area contributed by atoms with Crippen molar-refractivity contribution >= 4 is 5.91 Å². The molecule has 3 N–H and O–H groups in total. The fourth-order valence-electron chi connectivity index (χ4n) is 3.59. The van der Waals surface area contributed by atoms with E-state index in [0.29, 0.717) is 11.8 Å². The van der Waals surface area contributed by atoms with E-state index in [1.807, 2.05) is 0 Å². The molecular formula is C15H28N2O. The van der Waals surface area contributed by atoms with Crippen molar-refractivity contribution in [2.45, 2.75) is 58.4 Å². The Kier molecular flexibility index (Phi) is 4.66. The SMILES string of the molecule is CC1CCC(N)C(C(=O)NCC2CCCC2C)C1. The van der Waals surface area contributed by atoms with E-state index in [4.69, 9.17) is 5.73 Å². The molecule has 18 heavy (non-hydrogen) atoms. The lowest BCUT2D eigenvalue weighted by atomic mass is 9.78. The van der Waals surface area contributed by atoms with Crippen LogP contribution in [-0.4, -0.2) is 18.5 Å². The minimum atomic E-state index is 0.0467. The number of hydrogen-bond acceptors (Lipinski definition) is 2. The maximum absolute atomic E-state index is 12.2. The molecule has 0 aromatic rings. The zero-order valence-corrected chi connectivity index (χ0v) is 11.8. The minimum absolute atomic E-state index is 0.0467. The van der Waals surface area contributed by atoms with Crippen molar-refractivity contribution < 1.29 is 4.79 Å². The highest BCUT2D eigenvalue weighted by Gasteiger charge is 2.32.